The van der Waals surface area contributed by atoms with Crippen molar-refractivity contribution in [3.05, 3.63) is 41.6 Å². The van der Waals surface area contributed by atoms with Crippen LogP contribution in [0.5, 0.6) is 5.75 Å². The van der Waals surface area contributed by atoms with Crippen molar-refractivity contribution in [2.24, 2.45) is 0 Å². The summed E-state index contributed by atoms with van der Waals surface area (Å²) in [4.78, 5) is 15.1. The van der Waals surface area contributed by atoms with Gasteiger partial charge < -0.3 is 15.6 Å². The van der Waals surface area contributed by atoms with E-state index in [1.807, 2.05) is 13.0 Å². The Kier molecular flexibility index (Phi) is 3.37. The highest BCUT2D eigenvalue weighted by Crippen LogP contribution is 2.30. The lowest BCUT2D eigenvalue weighted by Crippen LogP contribution is -2.06. The zero-order valence-corrected chi connectivity index (χ0v) is 10.7. The molecule has 5 heteroatoms. The lowest BCUT2D eigenvalue weighted by atomic mass is 9.99. The average molecular weight is 258 g/mol. The fraction of sp³-hybridized carbons (Fsp3) is 0.143. The third-order valence-corrected chi connectivity index (χ3v) is 2.90. The molecule has 0 fully saturated rings. The number of nitrogens with zero attached hydrogens (tertiary/aromatic N) is 1. The number of aryl methyl sites for hydroxylation is 1. The lowest BCUT2D eigenvalue weighted by Gasteiger charge is -2.10. The number of carboxylic acid groups (broad SMARTS) is 1. The van der Waals surface area contributed by atoms with Gasteiger partial charge in [0.05, 0.1) is 7.11 Å². The quantitative estimate of drug-likeness (QED) is 0.882. The normalized spacial score (nSPS) is 10.2. The molecule has 3 N–H and O–H groups in total. The van der Waals surface area contributed by atoms with Crippen LogP contribution in [0.3, 0.4) is 0 Å². The topological polar surface area (TPSA) is 85.4 Å². The predicted octanol–water partition coefficient (Wildman–Crippen LogP) is 2.35. The molecular weight excluding hydrogens is 244 g/mol. The first-order valence-electron chi connectivity index (χ1n) is 5.67. The minimum atomic E-state index is -1.09. The van der Waals surface area contributed by atoms with Gasteiger partial charge >= 0.3 is 5.97 Å². The van der Waals surface area contributed by atoms with E-state index in [1.165, 1.54) is 6.20 Å². The molecule has 0 aliphatic carbocycles. The third kappa shape index (κ3) is 2.35. The molecule has 19 heavy (non-hydrogen) atoms. The maximum atomic E-state index is 11.3. The first kappa shape index (κ1) is 12.9. The molecule has 5 nitrogen and oxygen atoms in total. The lowest BCUT2D eigenvalue weighted by molar-refractivity contribution is 0.0698. The fourth-order valence-electron chi connectivity index (χ4n) is 1.99. The van der Waals surface area contributed by atoms with E-state index in [1.54, 1.807) is 25.3 Å². The number of rotatable bonds is 3. The maximum absolute atomic E-state index is 11.3. The summed E-state index contributed by atoms with van der Waals surface area (Å²) in [5.74, 6) is -0.324. The molecule has 1 aromatic carbocycles. The molecule has 0 radical (unpaired) electrons. The number of pyridine rings is 1. The summed E-state index contributed by atoms with van der Waals surface area (Å²) >= 11 is 0. The number of carbonyl (C=O) groups is 1. The number of hydrogen-bond acceptors (Lipinski definition) is 4. The molecule has 0 spiro atoms. The van der Waals surface area contributed by atoms with Gasteiger partial charge in [-0.2, -0.15) is 0 Å². The van der Waals surface area contributed by atoms with Crippen molar-refractivity contribution in [2.45, 2.75) is 6.92 Å². The minimum absolute atomic E-state index is 0.0125. The Hall–Kier alpha value is -2.56. The van der Waals surface area contributed by atoms with Crippen molar-refractivity contribution in [1.29, 1.82) is 0 Å². The molecule has 0 saturated carbocycles. The van der Waals surface area contributed by atoms with Gasteiger partial charge in [-0.1, -0.05) is 6.07 Å². The summed E-state index contributed by atoms with van der Waals surface area (Å²) in [6.45, 7) is 1.90. The zero-order chi connectivity index (χ0) is 14.0. The van der Waals surface area contributed by atoms with Crippen molar-refractivity contribution in [1.82, 2.24) is 4.98 Å². The van der Waals surface area contributed by atoms with Crippen LogP contribution >= 0.6 is 0 Å². The Labute approximate surface area is 110 Å². The van der Waals surface area contributed by atoms with Gasteiger partial charge in [0.1, 0.15) is 17.1 Å². The molecule has 0 amide bonds. The first-order chi connectivity index (χ1) is 9.04. The Morgan fingerprint density at radius 2 is 2.11 bits per heavy atom. The smallest absolute Gasteiger partial charge is 0.340 e. The van der Waals surface area contributed by atoms with Gasteiger partial charge in [0, 0.05) is 11.8 Å². The van der Waals surface area contributed by atoms with Gasteiger partial charge in [-0.05, 0) is 36.2 Å². The van der Waals surface area contributed by atoms with E-state index >= 15 is 0 Å². The fourth-order valence-corrected chi connectivity index (χ4v) is 1.99. The number of nitrogen functional groups attached to an aromatic ring is 1. The predicted molar refractivity (Wildman–Crippen MR) is 72.3 cm³/mol. The highest BCUT2D eigenvalue weighted by atomic mass is 16.5. The van der Waals surface area contributed by atoms with Crippen LogP contribution in [-0.2, 0) is 0 Å². The monoisotopic (exact) mass is 258 g/mol. The summed E-state index contributed by atoms with van der Waals surface area (Å²) < 4.78 is 5.18. The number of benzene rings is 1. The SMILES string of the molecule is COc1ccc(-c2ccnc(N)c2C(=O)O)cc1C. The van der Waals surface area contributed by atoms with E-state index in [9.17, 15) is 9.90 Å². The largest absolute Gasteiger partial charge is 0.496 e. The highest BCUT2D eigenvalue weighted by Gasteiger charge is 2.16. The number of carboxylic acids is 1. The van der Waals surface area contributed by atoms with Crippen LogP contribution in [0.4, 0.5) is 5.82 Å². The van der Waals surface area contributed by atoms with Crippen LogP contribution < -0.4 is 10.5 Å². The van der Waals surface area contributed by atoms with Crippen LogP contribution in [0, 0.1) is 6.92 Å². The molecule has 0 bridgehead atoms. The number of anilines is 1. The van der Waals surface area contributed by atoms with E-state index in [0.29, 0.717) is 5.56 Å². The molecule has 2 rings (SSSR count). The molecule has 1 aromatic heterocycles. The number of nitrogens with two attached hydrogens (primary N) is 1. The van der Waals surface area contributed by atoms with Gasteiger partial charge in [-0.25, -0.2) is 9.78 Å². The number of methoxy groups -OCH3 is 1. The Bertz CT molecular complexity index is 639. The third-order valence-electron chi connectivity index (χ3n) is 2.90. The van der Waals surface area contributed by atoms with E-state index < -0.39 is 5.97 Å². The van der Waals surface area contributed by atoms with Gasteiger partial charge in [-0.3, -0.25) is 0 Å². The van der Waals surface area contributed by atoms with Crippen LogP contribution in [0.1, 0.15) is 15.9 Å². The number of ether oxygens (including phenoxy) is 1. The average Bonchev–Trinajstić information content (AvgIpc) is 2.37. The molecular formula is C14H14N2O3. The standard InChI is InChI=1S/C14H14N2O3/c1-8-7-9(3-4-11(8)19-2)10-5-6-16-13(15)12(10)14(17)18/h3-7H,1-2H3,(H2,15,16)(H,17,18). The minimum Gasteiger partial charge on any atom is -0.496 e. The van der Waals surface area contributed by atoms with Gasteiger partial charge in [0.2, 0.25) is 0 Å². The van der Waals surface area contributed by atoms with Gasteiger partial charge in [0.25, 0.3) is 0 Å². The summed E-state index contributed by atoms with van der Waals surface area (Å²) in [5, 5.41) is 9.23. The Morgan fingerprint density at radius 3 is 2.68 bits per heavy atom. The molecule has 1 heterocycles. The summed E-state index contributed by atoms with van der Waals surface area (Å²) in [5.41, 5.74) is 7.90. The van der Waals surface area contributed by atoms with E-state index in [0.717, 1.165) is 16.9 Å². The molecule has 0 saturated heterocycles. The van der Waals surface area contributed by atoms with Crippen molar-refractivity contribution in [2.75, 3.05) is 12.8 Å². The van der Waals surface area contributed by atoms with Gasteiger partial charge in [0.15, 0.2) is 0 Å². The molecule has 2 aromatic rings. The second kappa shape index (κ2) is 4.97. The number of aromatic nitrogens is 1. The molecule has 98 valence electrons. The second-order valence-electron chi connectivity index (χ2n) is 4.11. The van der Waals surface area contributed by atoms with E-state index in [2.05, 4.69) is 4.98 Å². The molecule has 0 aliphatic rings. The van der Waals surface area contributed by atoms with Crippen molar-refractivity contribution < 1.29 is 14.6 Å². The van der Waals surface area contributed by atoms with E-state index in [-0.39, 0.29) is 11.4 Å². The first-order valence-corrected chi connectivity index (χ1v) is 5.67. The molecule has 0 atom stereocenters. The summed E-state index contributed by atoms with van der Waals surface area (Å²) in [7, 11) is 1.59. The van der Waals surface area contributed by atoms with E-state index in [4.69, 9.17) is 10.5 Å². The van der Waals surface area contributed by atoms with Crippen molar-refractivity contribution in [3.8, 4) is 16.9 Å². The second-order valence-corrected chi connectivity index (χ2v) is 4.11. The molecule has 0 unspecified atom stereocenters. The van der Waals surface area contributed by atoms with Crippen LogP contribution in [-0.4, -0.2) is 23.2 Å². The number of aromatic carboxylic acids is 1. The number of hydrogen-bond donors (Lipinski definition) is 2. The van der Waals surface area contributed by atoms with Crippen LogP contribution in [0.15, 0.2) is 30.5 Å². The van der Waals surface area contributed by atoms with Crippen LogP contribution in [0.25, 0.3) is 11.1 Å². The Morgan fingerprint density at radius 1 is 1.37 bits per heavy atom. The summed E-state index contributed by atoms with van der Waals surface area (Å²) in [6.07, 6.45) is 1.50. The van der Waals surface area contributed by atoms with Gasteiger partial charge in [-0.15, -0.1) is 0 Å². The van der Waals surface area contributed by atoms with Crippen molar-refractivity contribution in [3.63, 3.8) is 0 Å². The highest BCUT2D eigenvalue weighted by molar-refractivity contribution is 6.00. The summed E-state index contributed by atoms with van der Waals surface area (Å²) in [6, 6.07) is 7.10. The zero-order valence-electron chi connectivity index (χ0n) is 10.7. The maximum Gasteiger partial charge on any atom is 0.340 e. The van der Waals surface area contributed by atoms with Crippen molar-refractivity contribution >= 4 is 11.8 Å². The molecule has 0 aliphatic heterocycles. The Balaban J connectivity index is 2.62. The van der Waals surface area contributed by atoms with Crippen LogP contribution in [0.2, 0.25) is 0 Å².